The number of rotatable bonds is 9. The lowest BCUT2D eigenvalue weighted by atomic mass is 10.1. The van der Waals surface area contributed by atoms with Crippen molar-refractivity contribution in [3.63, 3.8) is 0 Å². The van der Waals surface area contributed by atoms with Gasteiger partial charge in [-0.1, -0.05) is 25.5 Å². The normalized spacial score (nSPS) is 10.4. The van der Waals surface area contributed by atoms with Crippen molar-refractivity contribution < 1.29 is 4.74 Å². The minimum Gasteiger partial charge on any atom is -0.497 e. The highest BCUT2D eigenvalue weighted by atomic mass is 16.5. The zero-order valence-corrected chi connectivity index (χ0v) is 14.1. The largest absolute Gasteiger partial charge is 0.497 e. The van der Waals surface area contributed by atoms with Crippen LogP contribution in [-0.2, 0) is 6.42 Å². The highest BCUT2D eigenvalue weighted by Crippen LogP contribution is 2.12. The van der Waals surface area contributed by atoms with E-state index in [1.54, 1.807) is 13.3 Å². The van der Waals surface area contributed by atoms with Crippen LogP contribution in [-0.4, -0.2) is 42.4 Å². The molecule has 1 heterocycles. The molecule has 1 aromatic heterocycles. The van der Waals surface area contributed by atoms with Gasteiger partial charge in [-0.25, -0.2) is 0 Å². The predicted molar refractivity (Wildman–Crippen MR) is 93.2 cm³/mol. The molecule has 23 heavy (non-hydrogen) atoms. The smallest absolute Gasteiger partial charge is 0.244 e. The number of hydrogen-bond donors (Lipinski definition) is 1. The Labute approximate surface area is 137 Å². The molecular formula is C17H25N5O. The fourth-order valence-corrected chi connectivity index (χ4v) is 2.17. The van der Waals surface area contributed by atoms with Crippen LogP contribution < -0.4 is 15.0 Å². The summed E-state index contributed by atoms with van der Waals surface area (Å²) in [7, 11) is 3.70. The van der Waals surface area contributed by atoms with Gasteiger partial charge in [-0.15, -0.1) is 5.10 Å². The zero-order valence-electron chi connectivity index (χ0n) is 14.1. The standard InChI is InChI=1S/C17H25N5O/c1-4-5-12-22(2)16-13-19-21-17(20-16)18-11-10-14-6-8-15(23-3)9-7-14/h6-9,13H,4-5,10-12H2,1-3H3,(H,18,20,21). The van der Waals surface area contributed by atoms with Crippen molar-refractivity contribution in [2.24, 2.45) is 0 Å². The van der Waals surface area contributed by atoms with Crippen molar-refractivity contribution in [2.45, 2.75) is 26.2 Å². The van der Waals surface area contributed by atoms with Gasteiger partial charge < -0.3 is 15.0 Å². The second-order valence-corrected chi connectivity index (χ2v) is 5.44. The Morgan fingerprint density at radius 1 is 1.22 bits per heavy atom. The summed E-state index contributed by atoms with van der Waals surface area (Å²) in [6, 6.07) is 8.07. The Morgan fingerprint density at radius 2 is 2.00 bits per heavy atom. The van der Waals surface area contributed by atoms with Crippen LogP contribution in [0.3, 0.4) is 0 Å². The molecular weight excluding hydrogens is 290 g/mol. The van der Waals surface area contributed by atoms with Gasteiger partial charge in [-0.05, 0) is 30.5 Å². The van der Waals surface area contributed by atoms with Crippen molar-refractivity contribution in [3.05, 3.63) is 36.0 Å². The Balaban J connectivity index is 1.85. The summed E-state index contributed by atoms with van der Waals surface area (Å²) in [6.07, 6.45) is 4.89. The topological polar surface area (TPSA) is 63.2 Å². The third kappa shape index (κ3) is 5.39. The Morgan fingerprint density at radius 3 is 2.70 bits per heavy atom. The van der Waals surface area contributed by atoms with E-state index in [0.717, 1.165) is 43.9 Å². The number of benzene rings is 1. The number of nitrogens with one attached hydrogen (secondary N) is 1. The van der Waals surface area contributed by atoms with Gasteiger partial charge in [0.2, 0.25) is 5.95 Å². The molecule has 0 aliphatic carbocycles. The average Bonchev–Trinajstić information content (AvgIpc) is 2.60. The number of hydrogen-bond acceptors (Lipinski definition) is 6. The molecule has 2 aromatic rings. The molecule has 0 atom stereocenters. The first kappa shape index (κ1) is 17.0. The molecule has 6 heteroatoms. The van der Waals surface area contributed by atoms with Gasteiger partial charge in [0.1, 0.15) is 5.75 Å². The number of methoxy groups -OCH3 is 1. The van der Waals surface area contributed by atoms with Gasteiger partial charge in [0.25, 0.3) is 0 Å². The Kier molecular flexibility index (Phi) is 6.59. The zero-order chi connectivity index (χ0) is 16.5. The number of nitrogens with zero attached hydrogens (tertiary/aromatic N) is 4. The Bertz CT molecular complexity index is 588. The van der Waals surface area contributed by atoms with Crippen LogP contribution in [0.1, 0.15) is 25.3 Å². The maximum absolute atomic E-state index is 5.16. The summed E-state index contributed by atoms with van der Waals surface area (Å²) in [5, 5.41) is 11.3. The van der Waals surface area contributed by atoms with Crippen LogP contribution in [0.5, 0.6) is 5.75 Å². The first-order chi connectivity index (χ1) is 11.2. The highest BCUT2D eigenvalue weighted by Gasteiger charge is 2.05. The van der Waals surface area contributed by atoms with Crippen LogP contribution >= 0.6 is 0 Å². The summed E-state index contributed by atoms with van der Waals surface area (Å²) >= 11 is 0. The van der Waals surface area contributed by atoms with Crippen LogP contribution in [0.4, 0.5) is 11.8 Å². The lowest BCUT2D eigenvalue weighted by Crippen LogP contribution is -2.21. The van der Waals surface area contributed by atoms with Crippen molar-refractivity contribution in [1.82, 2.24) is 15.2 Å². The summed E-state index contributed by atoms with van der Waals surface area (Å²) < 4.78 is 5.16. The van der Waals surface area contributed by atoms with E-state index in [0.29, 0.717) is 5.95 Å². The molecule has 0 spiro atoms. The van der Waals surface area contributed by atoms with Gasteiger partial charge in [-0.2, -0.15) is 10.1 Å². The molecule has 0 aliphatic rings. The number of aromatic nitrogens is 3. The molecule has 1 N–H and O–H groups in total. The minimum absolute atomic E-state index is 0.569. The third-order valence-electron chi connectivity index (χ3n) is 3.64. The molecule has 0 aliphatic heterocycles. The molecule has 0 amide bonds. The molecule has 0 saturated heterocycles. The van der Waals surface area contributed by atoms with Gasteiger partial charge in [0, 0.05) is 20.1 Å². The Hall–Kier alpha value is -2.37. The predicted octanol–water partition coefficient (Wildman–Crippen LogP) is 2.77. The fraction of sp³-hybridized carbons (Fsp3) is 0.471. The molecule has 1 aromatic carbocycles. The maximum Gasteiger partial charge on any atom is 0.244 e. The summed E-state index contributed by atoms with van der Waals surface area (Å²) in [5.74, 6) is 2.29. The molecule has 0 radical (unpaired) electrons. The first-order valence-electron chi connectivity index (χ1n) is 8.00. The number of anilines is 2. The van der Waals surface area contributed by atoms with Crippen molar-refractivity contribution in [2.75, 3.05) is 37.5 Å². The van der Waals surface area contributed by atoms with E-state index in [2.05, 4.69) is 44.5 Å². The summed E-state index contributed by atoms with van der Waals surface area (Å²) in [4.78, 5) is 6.61. The molecule has 124 valence electrons. The van der Waals surface area contributed by atoms with Gasteiger partial charge in [-0.3, -0.25) is 0 Å². The van der Waals surface area contributed by atoms with E-state index in [1.165, 1.54) is 5.56 Å². The SMILES string of the molecule is CCCCN(C)c1cnnc(NCCc2ccc(OC)cc2)n1. The van der Waals surface area contributed by atoms with Crippen LogP contribution in [0.15, 0.2) is 30.5 Å². The van der Waals surface area contributed by atoms with E-state index in [-0.39, 0.29) is 0 Å². The molecule has 0 fully saturated rings. The molecule has 2 rings (SSSR count). The summed E-state index contributed by atoms with van der Waals surface area (Å²) in [6.45, 7) is 3.91. The number of unbranched alkanes of at least 4 members (excludes halogenated alkanes) is 1. The monoisotopic (exact) mass is 315 g/mol. The second kappa shape index (κ2) is 8.92. The van der Waals surface area contributed by atoms with Crippen LogP contribution in [0, 0.1) is 0 Å². The van der Waals surface area contributed by atoms with Crippen molar-refractivity contribution in [1.29, 1.82) is 0 Å². The quantitative estimate of drug-likeness (QED) is 0.768. The molecule has 0 saturated carbocycles. The van der Waals surface area contributed by atoms with Gasteiger partial charge in [0.05, 0.1) is 13.3 Å². The third-order valence-corrected chi connectivity index (χ3v) is 3.64. The minimum atomic E-state index is 0.569. The fourth-order valence-electron chi connectivity index (χ4n) is 2.17. The van der Waals surface area contributed by atoms with E-state index in [4.69, 9.17) is 4.74 Å². The van der Waals surface area contributed by atoms with Gasteiger partial charge in [0.15, 0.2) is 5.82 Å². The maximum atomic E-state index is 5.16. The van der Waals surface area contributed by atoms with E-state index >= 15 is 0 Å². The lowest BCUT2D eigenvalue weighted by molar-refractivity contribution is 0.414. The average molecular weight is 315 g/mol. The molecule has 0 bridgehead atoms. The van der Waals surface area contributed by atoms with E-state index < -0.39 is 0 Å². The van der Waals surface area contributed by atoms with Gasteiger partial charge >= 0.3 is 0 Å². The van der Waals surface area contributed by atoms with Crippen LogP contribution in [0.2, 0.25) is 0 Å². The van der Waals surface area contributed by atoms with Crippen molar-refractivity contribution in [3.8, 4) is 5.75 Å². The summed E-state index contributed by atoms with van der Waals surface area (Å²) in [5.41, 5.74) is 1.24. The van der Waals surface area contributed by atoms with Crippen LogP contribution in [0.25, 0.3) is 0 Å². The number of ether oxygens (including phenoxy) is 1. The van der Waals surface area contributed by atoms with E-state index in [9.17, 15) is 0 Å². The first-order valence-corrected chi connectivity index (χ1v) is 8.00. The van der Waals surface area contributed by atoms with E-state index in [1.807, 2.05) is 19.2 Å². The lowest BCUT2D eigenvalue weighted by Gasteiger charge is -2.17. The molecule has 6 nitrogen and oxygen atoms in total. The second-order valence-electron chi connectivity index (χ2n) is 5.44. The van der Waals surface area contributed by atoms with Crippen molar-refractivity contribution >= 4 is 11.8 Å². The highest BCUT2D eigenvalue weighted by molar-refractivity contribution is 5.39. The molecule has 0 unspecified atom stereocenters.